The van der Waals surface area contributed by atoms with E-state index in [9.17, 15) is 4.39 Å². The lowest BCUT2D eigenvalue weighted by atomic mass is 9.83. The van der Waals surface area contributed by atoms with Crippen molar-refractivity contribution >= 4 is 0 Å². The molecule has 2 heteroatoms. The maximum Gasteiger partial charge on any atom is 0.127 e. The van der Waals surface area contributed by atoms with Crippen LogP contribution in [-0.4, -0.2) is 7.05 Å². The number of likely N-dealkylation sites (N-methyl/N-ethyl adjacent to an activating group) is 1. The SMILES string of the molecule is CNC1=CC(C)C(c2ccccc2F)C=C1. The molecule has 1 aromatic carbocycles. The van der Waals surface area contributed by atoms with Gasteiger partial charge in [0.1, 0.15) is 5.82 Å². The van der Waals surface area contributed by atoms with Crippen molar-refractivity contribution in [2.24, 2.45) is 5.92 Å². The molecular formula is C14H16FN. The number of hydrogen-bond acceptors (Lipinski definition) is 1. The second-order valence-corrected chi connectivity index (χ2v) is 4.14. The Bertz CT molecular complexity index is 434. The Kier molecular flexibility index (Phi) is 3.09. The quantitative estimate of drug-likeness (QED) is 0.802. The van der Waals surface area contributed by atoms with E-state index >= 15 is 0 Å². The van der Waals surface area contributed by atoms with E-state index in [-0.39, 0.29) is 11.7 Å². The first kappa shape index (κ1) is 10.9. The molecule has 0 aliphatic heterocycles. The van der Waals surface area contributed by atoms with Crippen molar-refractivity contribution in [3.8, 4) is 0 Å². The van der Waals surface area contributed by atoms with Gasteiger partial charge < -0.3 is 5.32 Å². The minimum atomic E-state index is -0.120. The molecule has 1 aliphatic rings. The molecule has 0 heterocycles. The van der Waals surface area contributed by atoms with Crippen molar-refractivity contribution in [2.45, 2.75) is 12.8 Å². The molecule has 1 aliphatic carbocycles. The van der Waals surface area contributed by atoms with Gasteiger partial charge in [-0.05, 0) is 23.6 Å². The van der Waals surface area contributed by atoms with Gasteiger partial charge in [-0.25, -0.2) is 4.39 Å². The van der Waals surface area contributed by atoms with Gasteiger partial charge in [-0.1, -0.05) is 37.3 Å². The summed E-state index contributed by atoms with van der Waals surface area (Å²) in [6.07, 6.45) is 6.21. The molecule has 1 N–H and O–H groups in total. The zero-order valence-corrected chi connectivity index (χ0v) is 9.57. The summed E-state index contributed by atoms with van der Waals surface area (Å²) in [6.45, 7) is 2.11. The number of hydrogen-bond donors (Lipinski definition) is 1. The van der Waals surface area contributed by atoms with Crippen LogP contribution in [0, 0.1) is 11.7 Å². The molecule has 2 rings (SSSR count). The summed E-state index contributed by atoms with van der Waals surface area (Å²) < 4.78 is 13.7. The minimum Gasteiger partial charge on any atom is -0.388 e. The summed E-state index contributed by atoms with van der Waals surface area (Å²) >= 11 is 0. The van der Waals surface area contributed by atoms with Crippen LogP contribution in [0.25, 0.3) is 0 Å². The van der Waals surface area contributed by atoms with Gasteiger partial charge in [0, 0.05) is 18.7 Å². The van der Waals surface area contributed by atoms with Gasteiger partial charge in [0.05, 0.1) is 0 Å². The van der Waals surface area contributed by atoms with E-state index < -0.39 is 0 Å². The van der Waals surface area contributed by atoms with E-state index in [2.05, 4.69) is 24.4 Å². The Labute approximate surface area is 95.7 Å². The summed E-state index contributed by atoms with van der Waals surface area (Å²) in [5, 5.41) is 3.10. The van der Waals surface area contributed by atoms with Crippen LogP contribution in [0.5, 0.6) is 0 Å². The molecule has 16 heavy (non-hydrogen) atoms. The Hall–Kier alpha value is -1.57. The van der Waals surface area contributed by atoms with Gasteiger partial charge in [-0.15, -0.1) is 0 Å². The predicted octanol–water partition coefficient (Wildman–Crippen LogP) is 3.22. The average molecular weight is 217 g/mol. The molecule has 0 aromatic heterocycles. The van der Waals surface area contributed by atoms with Crippen LogP contribution in [0.4, 0.5) is 4.39 Å². The lowest BCUT2D eigenvalue weighted by Gasteiger charge is -2.23. The highest BCUT2D eigenvalue weighted by molar-refractivity contribution is 5.34. The maximum absolute atomic E-state index is 13.7. The Morgan fingerprint density at radius 2 is 2.00 bits per heavy atom. The van der Waals surface area contributed by atoms with E-state index in [0.29, 0.717) is 5.92 Å². The van der Waals surface area contributed by atoms with Gasteiger partial charge >= 0.3 is 0 Å². The summed E-state index contributed by atoms with van der Waals surface area (Å²) in [7, 11) is 1.90. The molecule has 2 atom stereocenters. The van der Waals surface area contributed by atoms with Crippen molar-refractivity contribution in [3.05, 3.63) is 59.6 Å². The van der Waals surface area contributed by atoms with Gasteiger partial charge in [0.2, 0.25) is 0 Å². The highest BCUT2D eigenvalue weighted by Crippen LogP contribution is 2.32. The number of nitrogens with one attached hydrogen (secondary N) is 1. The van der Waals surface area contributed by atoms with Crippen molar-refractivity contribution in [1.82, 2.24) is 5.32 Å². The fourth-order valence-corrected chi connectivity index (χ4v) is 2.12. The average Bonchev–Trinajstić information content (AvgIpc) is 2.30. The molecule has 0 spiro atoms. The molecule has 0 radical (unpaired) electrons. The highest BCUT2D eigenvalue weighted by Gasteiger charge is 2.20. The van der Waals surface area contributed by atoms with Gasteiger partial charge in [0.25, 0.3) is 0 Å². The second-order valence-electron chi connectivity index (χ2n) is 4.14. The Balaban J connectivity index is 2.29. The van der Waals surface area contributed by atoms with Gasteiger partial charge in [-0.3, -0.25) is 0 Å². The van der Waals surface area contributed by atoms with Crippen LogP contribution >= 0.6 is 0 Å². The van der Waals surface area contributed by atoms with Crippen LogP contribution in [0.15, 0.2) is 48.2 Å². The summed E-state index contributed by atoms with van der Waals surface area (Å²) in [5.74, 6) is 0.327. The van der Waals surface area contributed by atoms with E-state index in [1.165, 1.54) is 6.07 Å². The predicted molar refractivity (Wildman–Crippen MR) is 64.6 cm³/mol. The van der Waals surface area contributed by atoms with Crippen LogP contribution in [0.3, 0.4) is 0 Å². The summed E-state index contributed by atoms with van der Waals surface area (Å²) in [6, 6.07) is 6.99. The van der Waals surface area contributed by atoms with Crippen LogP contribution in [-0.2, 0) is 0 Å². The largest absolute Gasteiger partial charge is 0.388 e. The minimum absolute atomic E-state index is 0.120. The highest BCUT2D eigenvalue weighted by atomic mass is 19.1. The second kappa shape index (κ2) is 4.52. The van der Waals surface area contributed by atoms with Crippen LogP contribution in [0.2, 0.25) is 0 Å². The molecular weight excluding hydrogens is 201 g/mol. The van der Waals surface area contributed by atoms with Crippen molar-refractivity contribution < 1.29 is 4.39 Å². The van der Waals surface area contributed by atoms with Crippen molar-refractivity contribution in [1.29, 1.82) is 0 Å². The standard InChI is InChI=1S/C14H16FN/c1-10-9-11(16-2)7-8-12(10)13-5-3-4-6-14(13)15/h3-10,12,16H,1-2H3. The molecule has 0 saturated carbocycles. The molecule has 0 saturated heterocycles. The normalized spacial score (nSPS) is 24.1. The Morgan fingerprint density at radius 1 is 1.25 bits per heavy atom. The fourth-order valence-electron chi connectivity index (χ4n) is 2.12. The first-order valence-corrected chi connectivity index (χ1v) is 5.54. The topological polar surface area (TPSA) is 12.0 Å². The number of allylic oxidation sites excluding steroid dienone is 3. The fraction of sp³-hybridized carbons (Fsp3) is 0.286. The molecule has 1 aromatic rings. The maximum atomic E-state index is 13.7. The van der Waals surface area contributed by atoms with E-state index in [0.717, 1.165) is 11.3 Å². The van der Waals surface area contributed by atoms with E-state index in [1.54, 1.807) is 6.07 Å². The molecule has 2 unspecified atom stereocenters. The van der Waals surface area contributed by atoms with Crippen LogP contribution < -0.4 is 5.32 Å². The summed E-state index contributed by atoms with van der Waals surface area (Å²) in [5.41, 5.74) is 1.87. The zero-order valence-electron chi connectivity index (χ0n) is 9.57. The van der Waals surface area contributed by atoms with Gasteiger partial charge in [0.15, 0.2) is 0 Å². The van der Waals surface area contributed by atoms with Gasteiger partial charge in [-0.2, -0.15) is 0 Å². The van der Waals surface area contributed by atoms with Crippen molar-refractivity contribution in [2.75, 3.05) is 7.05 Å². The lowest BCUT2D eigenvalue weighted by Crippen LogP contribution is -2.15. The van der Waals surface area contributed by atoms with Crippen LogP contribution in [0.1, 0.15) is 18.4 Å². The third kappa shape index (κ3) is 2.01. The third-order valence-electron chi connectivity index (χ3n) is 3.05. The number of halogens is 1. The number of benzene rings is 1. The first-order valence-electron chi connectivity index (χ1n) is 5.54. The Morgan fingerprint density at radius 3 is 2.62 bits per heavy atom. The molecule has 84 valence electrons. The number of rotatable bonds is 2. The molecule has 0 amide bonds. The van der Waals surface area contributed by atoms with Crippen molar-refractivity contribution in [3.63, 3.8) is 0 Å². The third-order valence-corrected chi connectivity index (χ3v) is 3.05. The van der Waals surface area contributed by atoms with E-state index in [4.69, 9.17) is 0 Å². The monoisotopic (exact) mass is 217 g/mol. The van der Waals surface area contributed by atoms with E-state index in [1.807, 2.05) is 25.3 Å². The lowest BCUT2D eigenvalue weighted by molar-refractivity contribution is 0.557. The molecule has 0 fully saturated rings. The zero-order chi connectivity index (χ0) is 11.5. The molecule has 0 bridgehead atoms. The first-order chi connectivity index (χ1) is 7.72. The molecule has 1 nitrogen and oxygen atoms in total. The summed E-state index contributed by atoms with van der Waals surface area (Å²) in [4.78, 5) is 0. The smallest absolute Gasteiger partial charge is 0.127 e.